The number of aromatic nitrogens is 1. The third kappa shape index (κ3) is 7.30. The maximum Gasteiger partial charge on any atom is 0.253 e. The van der Waals surface area contributed by atoms with Gasteiger partial charge < -0.3 is 20.3 Å². The Labute approximate surface area is 199 Å². The van der Waals surface area contributed by atoms with Gasteiger partial charge in [0, 0.05) is 37.1 Å². The van der Waals surface area contributed by atoms with Gasteiger partial charge in [0.05, 0.1) is 12.1 Å². The van der Waals surface area contributed by atoms with Crippen LogP contribution in [0.15, 0.2) is 66.9 Å². The lowest BCUT2D eigenvalue weighted by molar-refractivity contribution is -0.120. The number of likely N-dealkylation sites (N-methyl/N-ethyl adjacent to an activating group) is 1. The lowest BCUT2D eigenvalue weighted by atomic mass is 10.2. The molecule has 3 rings (SSSR count). The average Bonchev–Trinajstić information content (AvgIpc) is 2.86. The van der Waals surface area contributed by atoms with Crippen LogP contribution in [0.4, 0.5) is 10.1 Å². The van der Waals surface area contributed by atoms with Gasteiger partial charge in [-0.3, -0.25) is 9.59 Å². The zero-order valence-corrected chi connectivity index (χ0v) is 19.4. The minimum Gasteiger partial charge on any atom is -0.489 e. The molecule has 0 saturated heterocycles. The molecule has 1 heterocycles. The summed E-state index contributed by atoms with van der Waals surface area (Å²) in [5, 5.41) is 5.32. The van der Waals surface area contributed by atoms with Crippen LogP contribution in [0.2, 0.25) is 0 Å². The first-order chi connectivity index (χ1) is 16.5. The number of halogens is 1. The fraction of sp³-hybridized carbons (Fsp3) is 0.269. The van der Waals surface area contributed by atoms with Gasteiger partial charge in [-0.15, -0.1) is 0 Å². The van der Waals surface area contributed by atoms with Gasteiger partial charge >= 0.3 is 0 Å². The van der Waals surface area contributed by atoms with Gasteiger partial charge in [0.2, 0.25) is 11.9 Å². The van der Waals surface area contributed by atoms with Crippen molar-refractivity contribution in [3.8, 4) is 5.75 Å². The van der Waals surface area contributed by atoms with E-state index in [2.05, 4.69) is 20.5 Å². The number of nitrogens with one attached hydrogen (secondary N) is 2. The molecular weight excluding hydrogens is 435 g/mol. The van der Waals surface area contributed by atoms with Crippen LogP contribution in [0.5, 0.6) is 5.75 Å². The van der Waals surface area contributed by atoms with E-state index >= 15 is 0 Å². The molecule has 2 aromatic carbocycles. The predicted molar refractivity (Wildman–Crippen MR) is 129 cm³/mol. The number of aryl methyl sites for hydroxylation is 1. The monoisotopic (exact) mass is 464 g/mol. The van der Waals surface area contributed by atoms with Crippen LogP contribution in [-0.4, -0.2) is 43.0 Å². The number of nitrogens with zero attached hydrogens (tertiary/aromatic N) is 2. The summed E-state index contributed by atoms with van der Waals surface area (Å²) in [6.45, 7) is 5.71. The Morgan fingerprint density at radius 2 is 1.79 bits per heavy atom. The summed E-state index contributed by atoms with van der Waals surface area (Å²) in [5.74, 6) is -0.611. The van der Waals surface area contributed by atoms with Gasteiger partial charge in [-0.05, 0) is 49.7 Å². The summed E-state index contributed by atoms with van der Waals surface area (Å²) in [4.78, 5) is 29.9. The van der Waals surface area contributed by atoms with E-state index in [1.807, 2.05) is 61.5 Å². The second-order valence-corrected chi connectivity index (χ2v) is 7.71. The van der Waals surface area contributed by atoms with Crippen molar-refractivity contribution in [2.45, 2.75) is 20.5 Å². The molecule has 2 N–H and O–H groups in total. The Bertz CT molecular complexity index is 1090. The molecule has 0 aliphatic carbocycles. The highest BCUT2D eigenvalue weighted by atomic mass is 19.1. The maximum absolute atomic E-state index is 13.2. The summed E-state index contributed by atoms with van der Waals surface area (Å²) in [7, 11) is 0. The fourth-order valence-electron chi connectivity index (χ4n) is 3.30. The van der Waals surface area contributed by atoms with Crippen LogP contribution in [0, 0.1) is 12.9 Å². The van der Waals surface area contributed by atoms with Crippen molar-refractivity contribution < 1.29 is 18.7 Å². The SMILES string of the molecule is CCN(CCNC(=O)CNC(=O)c1cnc(F)c(C)c1)c1ccc(OCc2ccccc2)cc1. The topological polar surface area (TPSA) is 83.6 Å². The first kappa shape index (κ1) is 24.7. The molecule has 8 heteroatoms. The lowest BCUT2D eigenvalue weighted by Gasteiger charge is -2.23. The maximum atomic E-state index is 13.2. The Kier molecular flexibility index (Phi) is 8.96. The standard InChI is InChI=1S/C26H29FN4O3/c1-3-31(22-9-11-23(12-10-22)34-18-20-7-5-4-6-8-20)14-13-28-24(32)17-30-26(33)21-15-19(2)25(27)29-16-21/h4-12,15-16H,3,13-14,17-18H2,1-2H3,(H,28,32)(H,30,33). The summed E-state index contributed by atoms with van der Waals surface area (Å²) in [5.41, 5.74) is 2.61. The molecular formula is C26H29FN4O3. The number of ether oxygens (including phenoxy) is 1. The molecule has 0 fully saturated rings. The normalized spacial score (nSPS) is 10.4. The fourth-order valence-corrected chi connectivity index (χ4v) is 3.30. The minimum absolute atomic E-state index is 0.172. The second kappa shape index (κ2) is 12.3. The number of hydrogen-bond donors (Lipinski definition) is 2. The van der Waals surface area contributed by atoms with E-state index in [0.29, 0.717) is 19.7 Å². The quantitative estimate of drug-likeness (QED) is 0.425. The number of carbonyl (C=O) groups excluding carboxylic acids is 2. The highest BCUT2D eigenvalue weighted by molar-refractivity contribution is 5.96. The van der Waals surface area contributed by atoms with E-state index in [1.165, 1.54) is 13.0 Å². The molecule has 178 valence electrons. The van der Waals surface area contributed by atoms with Crippen molar-refractivity contribution in [1.82, 2.24) is 15.6 Å². The predicted octanol–water partition coefficient (Wildman–Crippen LogP) is 3.48. The van der Waals surface area contributed by atoms with Crippen LogP contribution in [0.3, 0.4) is 0 Å². The summed E-state index contributed by atoms with van der Waals surface area (Å²) in [6.07, 6.45) is 1.15. The molecule has 2 amide bonds. The van der Waals surface area contributed by atoms with Crippen LogP contribution in [0.1, 0.15) is 28.4 Å². The highest BCUT2D eigenvalue weighted by Gasteiger charge is 2.11. The Balaban J connectivity index is 1.40. The molecule has 0 unspecified atom stereocenters. The molecule has 3 aromatic rings. The van der Waals surface area contributed by atoms with Crippen molar-refractivity contribution >= 4 is 17.5 Å². The molecule has 1 aromatic heterocycles. The van der Waals surface area contributed by atoms with Crippen molar-refractivity contribution in [1.29, 1.82) is 0 Å². The van der Waals surface area contributed by atoms with E-state index in [0.717, 1.165) is 29.7 Å². The van der Waals surface area contributed by atoms with Crippen LogP contribution in [0.25, 0.3) is 0 Å². The van der Waals surface area contributed by atoms with Crippen molar-refractivity contribution in [2.75, 3.05) is 31.1 Å². The van der Waals surface area contributed by atoms with Crippen LogP contribution < -0.4 is 20.3 Å². The number of benzene rings is 2. The second-order valence-electron chi connectivity index (χ2n) is 7.71. The van der Waals surface area contributed by atoms with Gasteiger partial charge in [-0.2, -0.15) is 4.39 Å². The molecule has 34 heavy (non-hydrogen) atoms. The van der Waals surface area contributed by atoms with Gasteiger partial charge in [0.1, 0.15) is 12.4 Å². The van der Waals surface area contributed by atoms with Crippen LogP contribution >= 0.6 is 0 Å². The Morgan fingerprint density at radius 3 is 2.47 bits per heavy atom. The number of amides is 2. The molecule has 0 aliphatic rings. The highest BCUT2D eigenvalue weighted by Crippen LogP contribution is 2.20. The molecule has 0 atom stereocenters. The first-order valence-corrected chi connectivity index (χ1v) is 11.1. The number of carbonyl (C=O) groups is 2. The number of rotatable bonds is 11. The average molecular weight is 465 g/mol. The summed E-state index contributed by atoms with van der Waals surface area (Å²) in [6, 6.07) is 19.2. The summed E-state index contributed by atoms with van der Waals surface area (Å²) >= 11 is 0. The molecule has 0 aliphatic heterocycles. The molecule has 0 radical (unpaired) electrons. The van der Waals surface area contributed by atoms with Crippen molar-refractivity contribution in [2.24, 2.45) is 0 Å². The molecule has 0 spiro atoms. The molecule has 0 saturated carbocycles. The van der Waals surface area contributed by atoms with Crippen molar-refractivity contribution in [3.05, 3.63) is 89.5 Å². The third-order valence-corrected chi connectivity index (χ3v) is 5.22. The smallest absolute Gasteiger partial charge is 0.253 e. The molecule has 7 nitrogen and oxygen atoms in total. The number of hydrogen-bond acceptors (Lipinski definition) is 5. The van der Waals surface area contributed by atoms with Crippen molar-refractivity contribution in [3.63, 3.8) is 0 Å². The Hall–Kier alpha value is -3.94. The number of anilines is 1. The van der Waals surface area contributed by atoms with Gasteiger partial charge in [0.25, 0.3) is 5.91 Å². The molecule has 0 bridgehead atoms. The largest absolute Gasteiger partial charge is 0.489 e. The van der Waals surface area contributed by atoms with Gasteiger partial charge in [0.15, 0.2) is 0 Å². The lowest BCUT2D eigenvalue weighted by Crippen LogP contribution is -2.40. The first-order valence-electron chi connectivity index (χ1n) is 11.1. The van der Waals surface area contributed by atoms with E-state index in [9.17, 15) is 14.0 Å². The number of pyridine rings is 1. The summed E-state index contributed by atoms with van der Waals surface area (Å²) < 4.78 is 19.1. The van der Waals surface area contributed by atoms with E-state index in [4.69, 9.17) is 4.74 Å². The van der Waals surface area contributed by atoms with E-state index in [-0.39, 0.29) is 23.6 Å². The van der Waals surface area contributed by atoms with Gasteiger partial charge in [-0.25, -0.2) is 4.98 Å². The van der Waals surface area contributed by atoms with E-state index in [1.54, 1.807) is 0 Å². The van der Waals surface area contributed by atoms with Crippen LogP contribution in [-0.2, 0) is 11.4 Å². The Morgan fingerprint density at radius 1 is 1.06 bits per heavy atom. The zero-order valence-electron chi connectivity index (χ0n) is 19.4. The van der Waals surface area contributed by atoms with E-state index < -0.39 is 11.9 Å². The third-order valence-electron chi connectivity index (χ3n) is 5.22. The minimum atomic E-state index is -0.621. The zero-order chi connectivity index (χ0) is 24.3. The van der Waals surface area contributed by atoms with Gasteiger partial charge in [-0.1, -0.05) is 30.3 Å².